The van der Waals surface area contributed by atoms with E-state index in [9.17, 15) is 105 Å². The van der Waals surface area contributed by atoms with Crippen molar-refractivity contribution in [3.8, 4) is 80.1 Å². The number of methoxy groups -OCH3 is 1. The number of hydrogen-bond donors (Lipinski definition) is 14. The third-order valence-electron chi connectivity index (χ3n) is 11.4. The molecule has 0 unspecified atom stereocenters. The van der Waals surface area contributed by atoms with Crippen LogP contribution in [0.1, 0.15) is 65.8 Å². The molecule has 8 atom stereocenters. The van der Waals surface area contributed by atoms with Crippen molar-refractivity contribution in [1.82, 2.24) is 0 Å². The number of carboxylic acids is 1. The number of phenolic OH excluding ortho intramolecular Hbond substituents is 12. The molecule has 0 radical (unpaired) electrons. The number of ether oxygens (including phenoxy) is 7. The number of carbonyl (C=O) groups excluding carboxylic acids is 6. The van der Waals surface area contributed by atoms with E-state index in [4.69, 9.17) is 28.4 Å². The molecule has 28 nitrogen and oxygen atoms in total. The van der Waals surface area contributed by atoms with Gasteiger partial charge in [0.15, 0.2) is 70.1 Å². The second-order valence-corrected chi connectivity index (χ2v) is 15.7. The van der Waals surface area contributed by atoms with Crippen molar-refractivity contribution < 1.29 is 138 Å². The zero-order chi connectivity index (χ0) is 52.2. The van der Waals surface area contributed by atoms with E-state index in [1.54, 1.807) is 0 Å². The van der Waals surface area contributed by atoms with E-state index in [1.807, 2.05) is 0 Å². The minimum Gasteiger partial charge on any atom is -0.504 e. The Kier molecular flexibility index (Phi) is 13.0. The Balaban J connectivity index is 1.40. The van der Waals surface area contributed by atoms with Crippen molar-refractivity contribution in [2.75, 3.05) is 13.7 Å². The van der Waals surface area contributed by atoms with E-state index in [0.717, 1.165) is 7.11 Å². The Bertz CT molecular complexity index is 2920. The lowest BCUT2D eigenvalue weighted by Gasteiger charge is -2.43. The first-order valence-electron chi connectivity index (χ1n) is 20.1. The standard InChI is InChI=1S/C43H36O28/c1-65-23(51)8-20-24(25-12(40(62)67-20)5-18(47)29(53)32(25)56)14(7-22(49)50)42(64)69-36-21-9-66-39(61)11-4-17(46)30(54)33(57)26(11)27-13(6-19(48)31(55)34(27)58)41(63)70-37(36)35(59)43(68-21)71-38(60)10-2-15(44)28(52)16(45)3-10/h2-6,14,20-21,24,35-37,43-48,52-59H,7-9H2,1H3,(H,49,50)/t14-,20-,21+,24+,35+,36+,37+,43-/m0/s1. The zero-order valence-corrected chi connectivity index (χ0v) is 35.6. The SMILES string of the molecule is COC(=O)C[C@@H]1OC(=O)c2cc(O)c(O)c(O)c2[C@@H]1[C@H](CC(=O)O)C(=O)O[C@H]1[C@@H]2OC(=O)c3cc(O)c(O)c(O)c3-c3c(cc(O)c(O)c3O)C(=O)OC[C@H]1O[C@@H](OC(=O)c1cc(O)c(O)c(O)c1)[C@@H]2O. The van der Waals surface area contributed by atoms with Crippen LogP contribution in [0.2, 0.25) is 0 Å². The summed E-state index contributed by atoms with van der Waals surface area (Å²) in [5.41, 5.74) is -6.73. The Morgan fingerprint density at radius 1 is 0.648 bits per heavy atom. The Hall–Kier alpha value is -9.31. The molecule has 1 saturated heterocycles. The molecule has 3 aliphatic heterocycles. The lowest BCUT2D eigenvalue weighted by molar-refractivity contribution is -0.288. The van der Waals surface area contributed by atoms with Gasteiger partial charge in [-0.15, -0.1) is 0 Å². The summed E-state index contributed by atoms with van der Waals surface area (Å²) in [6, 6.07) is 2.50. The molecule has 71 heavy (non-hydrogen) atoms. The molecule has 2 bridgehead atoms. The van der Waals surface area contributed by atoms with Gasteiger partial charge in [0.25, 0.3) is 0 Å². The van der Waals surface area contributed by atoms with E-state index in [1.165, 1.54) is 0 Å². The number of rotatable bonds is 9. The number of phenols is 12. The van der Waals surface area contributed by atoms with Gasteiger partial charge in [0.1, 0.15) is 18.8 Å². The molecule has 0 aromatic heterocycles. The van der Waals surface area contributed by atoms with Crippen LogP contribution < -0.4 is 0 Å². The van der Waals surface area contributed by atoms with Crippen molar-refractivity contribution in [2.45, 2.75) is 55.6 Å². The van der Waals surface area contributed by atoms with Gasteiger partial charge in [-0.1, -0.05) is 0 Å². The molecule has 0 spiro atoms. The lowest BCUT2D eigenvalue weighted by Crippen LogP contribution is -2.62. The fourth-order valence-corrected chi connectivity index (χ4v) is 8.11. The molecule has 1 fully saturated rings. The van der Waals surface area contributed by atoms with E-state index >= 15 is 0 Å². The van der Waals surface area contributed by atoms with Crippen LogP contribution >= 0.6 is 0 Å². The van der Waals surface area contributed by atoms with Crippen LogP contribution in [0, 0.1) is 5.92 Å². The van der Waals surface area contributed by atoms with Gasteiger partial charge in [-0.3, -0.25) is 14.4 Å². The molecule has 376 valence electrons. The van der Waals surface area contributed by atoms with Crippen molar-refractivity contribution in [1.29, 1.82) is 0 Å². The van der Waals surface area contributed by atoms with Crippen molar-refractivity contribution in [2.24, 2.45) is 5.92 Å². The Morgan fingerprint density at radius 3 is 1.70 bits per heavy atom. The van der Waals surface area contributed by atoms with Gasteiger partial charge in [0.05, 0.1) is 48.1 Å². The largest absolute Gasteiger partial charge is 0.504 e. The molecule has 4 aromatic carbocycles. The van der Waals surface area contributed by atoms with Gasteiger partial charge in [-0.05, 0) is 30.3 Å². The van der Waals surface area contributed by atoms with Crippen LogP contribution in [-0.2, 0) is 47.5 Å². The molecule has 4 aromatic rings. The van der Waals surface area contributed by atoms with Crippen LogP contribution in [0.4, 0.5) is 0 Å². The second kappa shape index (κ2) is 18.6. The number of carbonyl (C=O) groups is 7. The highest BCUT2D eigenvalue weighted by atomic mass is 16.7. The number of aromatic hydroxyl groups is 12. The second-order valence-electron chi connectivity index (χ2n) is 15.7. The van der Waals surface area contributed by atoms with Crippen LogP contribution in [-0.4, -0.2) is 164 Å². The molecule has 0 saturated carbocycles. The molecule has 14 N–H and O–H groups in total. The molecular formula is C43H36O28. The molecule has 0 amide bonds. The van der Waals surface area contributed by atoms with Gasteiger partial charge in [-0.2, -0.15) is 0 Å². The summed E-state index contributed by atoms with van der Waals surface area (Å²) in [6.45, 7) is -1.33. The average molecular weight is 1000 g/mol. The molecule has 3 heterocycles. The molecule has 7 rings (SSSR count). The van der Waals surface area contributed by atoms with Crippen LogP contribution in [0.3, 0.4) is 0 Å². The maximum absolute atomic E-state index is 14.7. The van der Waals surface area contributed by atoms with Crippen molar-refractivity contribution in [3.63, 3.8) is 0 Å². The summed E-state index contributed by atoms with van der Waals surface area (Å²) < 4.78 is 37.6. The first-order chi connectivity index (χ1) is 33.4. The highest BCUT2D eigenvalue weighted by Gasteiger charge is 2.55. The van der Waals surface area contributed by atoms with Gasteiger partial charge >= 0.3 is 41.8 Å². The third-order valence-corrected chi connectivity index (χ3v) is 11.4. The van der Waals surface area contributed by atoms with E-state index < -0.39 is 218 Å². The summed E-state index contributed by atoms with van der Waals surface area (Å²) in [5.74, 6) is -31.0. The molecule has 0 aliphatic carbocycles. The normalized spacial score (nSPS) is 22.0. The lowest BCUT2D eigenvalue weighted by atomic mass is 9.75. The topological polar surface area (TPSA) is 467 Å². The van der Waals surface area contributed by atoms with Crippen LogP contribution in [0.25, 0.3) is 11.1 Å². The number of carboxylic acid groups (broad SMARTS) is 1. The molecule has 3 aliphatic rings. The highest BCUT2D eigenvalue weighted by Crippen LogP contribution is 2.54. The number of benzene rings is 4. The maximum atomic E-state index is 14.7. The summed E-state index contributed by atoms with van der Waals surface area (Å²) in [5, 5.41) is 148. The smallest absolute Gasteiger partial charge is 0.340 e. The van der Waals surface area contributed by atoms with Crippen LogP contribution in [0.15, 0.2) is 30.3 Å². The Labute approximate surface area is 393 Å². The number of aliphatic hydroxyl groups is 1. The summed E-state index contributed by atoms with van der Waals surface area (Å²) in [7, 11) is 0.892. The van der Waals surface area contributed by atoms with E-state index in [0.29, 0.717) is 30.3 Å². The van der Waals surface area contributed by atoms with Gasteiger partial charge in [0, 0.05) is 22.6 Å². The fraction of sp³-hybridized carbons (Fsp3) is 0.279. The summed E-state index contributed by atoms with van der Waals surface area (Å²) >= 11 is 0. The predicted octanol–water partition coefficient (Wildman–Crippen LogP) is 0.348. The third kappa shape index (κ3) is 8.85. The minimum absolute atomic E-state index is 0.355. The van der Waals surface area contributed by atoms with Crippen molar-refractivity contribution >= 4 is 41.8 Å². The van der Waals surface area contributed by atoms with Gasteiger partial charge < -0.3 is 105 Å². The zero-order valence-electron chi connectivity index (χ0n) is 35.6. The number of hydrogen-bond acceptors (Lipinski definition) is 27. The number of aliphatic carboxylic acids is 1. The van der Waals surface area contributed by atoms with Crippen LogP contribution in [0.5, 0.6) is 69.0 Å². The fourth-order valence-electron chi connectivity index (χ4n) is 8.11. The summed E-state index contributed by atoms with van der Waals surface area (Å²) in [6.07, 6.45) is -16.8. The number of aliphatic hydroxyl groups excluding tert-OH is 1. The minimum atomic E-state index is -2.66. The Morgan fingerprint density at radius 2 is 1.15 bits per heavy atom. The number of fused-ring (bicyclic) bond motifs is 6. The van der Waals surface area contributed by atoms with E-state index in [2.05, 4.69) is 4.74 Å². The van der Waals surface area contributed by atoms with Gasteiger partial charge in [0.2, 0.25) is 23.5 Å². The highest BCUT2D eigenvalue weighted by molar-refractivity contribution is 6.08. The monoisotopic (exact) mass is 1000 g/mol. The molecular weight excluding hydrogens is 964 g/mol. The predicted molar refractivity (Wildman–Crippen MR) is 219 cm³/mol. The molecule has 28 heteroatoms. The average Bonchev–Trinajstić information content (AvgIpc) is 3.31. The number of cyclic esters (lactones) is 2. The first kappa shape index (κ1) is 49.6. The van der Waals surface area contributed by atoms with Crippen molar-refractivity contribution in [3.05, 3.63) is 58.1 Å². The maximum Gasteiger partial charge on any atom is 0.340 e. The first-order valence-corrected chi connectivity index (χ1v) is 20.1. The quantitative estimate of drug-likeness (QED) is 0.0611. The van der Waals surface area contributed by atoms with E-state index in [-0.39, 0.29) is 0 Å². The van der Waals surface area contributed by atoms with Gasteiger partial charge in [-0.25, -0.2) is 19.2 Å². The summed E-state index contributed by atoms with van der Waals surface area (Å²) in [4.78, 5) is 94.9. The number of esters is 6.